The van der Waals surface area contributed by atoms with Gasteiger partial charge in [-0.3, -0.25) is 19.8 Å². The Morgan fingerprint density at radius 2 is 1.96 bits per heavy atom. The molecule has 0 spiro atoms. The number of nitrogens with zero attached hydrogens (tertiary/aromatic N) is 4. The maximum Gasteiger partial charge on any atom is 0.270 e. The summed E-state index contributed by atoms with van der Waals surface area (Å²) >= 11 is 0. The van der Waals surface area contributed by atoms with Crippen LogP contribution >= 0.6 is 0 Å². The number of carbonyl (C=O) groups is 1. The van der Waals surface area contributed by atoms with Crippen LogP contribution in [0.4, 0.5) is 11.4 Å². The van der Waals surface area contributed by atoms with Crippen LogP contribution < -0.4 is 5.32 Å². The van der Waals surface area contributed by atoms with Gasteiger partial charge in [0.05, 0.1) is 16.6 Å². The van der Waals surface area contributed by atoms with Crippen molar-refractivity contribution in [3.05, 3.63) is 33.9 Å². The lowest BCUT2D eigenvalue weighted by molar-refractivity contribution is -0.384. The number of hydrogen-bond donors (Lipinski definition) is 1. The highest BCUT2D eigenvalue weighted by molar-refractivity contribution is 6.00. The van der Waals surface area contributed by atoms with Crippen LogP contribution in [0.25, 0.3) is 0 Å². The summed E-state index contributed by atoms with van der Waals surface area (Å²) in [5.74, 6) is -0.00864. The first kappa shape index (κ1) is 18.7. The molecule has 0 saturated carbocycles. The molecule has 1 atom stereocenters. The van der Waals surface area contributed by atoms with Crippen molar-refractivity contribution in [3.8, 4) is 6.07 Å². The Morgan fingerprint density at radius 3 is 2.44 bits per heavy atom. The zero-order chi connectivity index (χ0) is 18.6. The SMILES string of the molecule is CNc1ccc([N+](=O)[O-])cc1C(=O)N1CCN([C@@H](C#N)C(C)C)CC1. The largest absolute Gasteiger partial charge is 0.387 e. The fourth-order valence-corrected chi connectivity index (χ4v) is 3.07. The molecule has 0 radical (unpaired) electrons. The third-order valence-electron chi connectivity index (χ3n) is 4.47. The lowest BCUT2D eigenvalue weighted by Crippen LogP contribution is -2.52. The number of hydrogen-bond acceptors (Lipinski definition) is 6. The lowest BCUT2D eigenvalue weighted by atomic mass is 10.0. The van der Waals surface area contributed by atoms with Crippen molar-refractivity contribution in [2.75, 3.05) is 38.5 Å². The summed E-state index contributed by atoms with van der Waals surface area (Å²) in [5.41, 5.74) is 0.756. The molecule has 25 heavy (non-hydrogen) atoms. The number of piperazine rings is 1. The van der Waals surface area contributed by atoms with E-state index in [1.807, 2.05) is 13.8 Å². The van der Waals surface area contributed by atoms with Crippen molar-refractivity contribution in [1.82, 2.24) is 9.80 Å². The van der Waals surface area contributed by atoms with Gasteiger partial charge in [0, 0.05) is 51.0 Å². The average molecular weight is 345 g/mol. The lowest BCUT2D eigenvalue weighted by Gasteiger charge is -2.38. The van der Waals surface area contributed by atoms with Gasteiger partial charge in [0.1, 0.15) is 6.04 Å². The van der Waals surface area contributed by atoms with Crippen molar-refractivity contribution in [1.29, 1.82) is 5.26 Å². The van der Waals surface area contributed by atoms with Crippen LogP contribution in [0.2, 0.25) is 0 Å². The van der Waals surface area contributed by atoms with Gasteiger partial charge < -0.3 is 10.2 Å². The van der Waals surface area contributed by atoms with Crippen LogP contribution in [0.15, 0.2) is 18.2 Å². The Morgan fingerprint density at radius 1 is 1.32 bits per heavy atom. The molecule has 0 aromatic heterocycles. The number of carbonyl (C=O) groups excluding carboxylic acids is 1. The van der Waals surface area contributed by atoms with Crippen LogP contribution in [0, 0.1) is 27.4 Å². The summed E-state index contributed by atoms with van der Waals surface area (Å²) < 4.78 is 0. The quantitative estimate of drug-likeness (QED) is 0.646. The minimum atomic E-state index is -0.506. The van der Waals surface area contributed by atoms with Crippen molar-refractivity contribution in [3.63, 3.8) is 0 Å². The van der Waals surface area contributed by atoms with Crippen LogP contribution in [0.5, 0.6) is 0 Å². The van der Waals surface area contributed by atoms with Crippen molar-refractivity contribution in [2.45, 2.75) is 19.9 Å². The van der Waals surface area contributed by atoms with Gasteiger partial charge in [-0.1, -0.05) is 13.8 Å². The van der Waals surface area contributed by atoms with Crippen molar-refractivity contribution in [2.24, 2.45) is 5.92 Å². The van der Waals surface area contributed by atoms with Crippen LogP contribution in [0.3, 0.4) is 0 Å². The zero-order valence-electron chi connectivity index (χ0n) is 14.7. The minimum absolute atomic E-state index is 0.106. The topological polar surface area (TPSA) is 103 Å². The molecule has 8 nitrogen and oxygen atoms in total. The van der Waals surface area contributed by atoms with E-state index in [9.17, 15) is 20.2 Å². The highest BCUT2D eigenvalue weighted by atomic mass is 16.6. The van der Waals surface area contributed by atoms with Gasteiger partial charge in [-0.05, 0) is 12.0 Å². The van der Waals surface area contributed by atoms with E-state index in [0.717, 1.165) is 0 Å². The van der Waals surface area contributed by atoms with E-state index in [2.05, 4.69) is 16.3 Å². The summed E-state index contributed by atoms with van der Waals surface area (Å²) in [7, 11) is 1.68. The number of amides is 1. The van der Waals surface area contributed by atoms with Gasteiger partial charge in [0.2, 0.25) is 0 Å². The van der Waals surface area contributed by atoms with E-state index in [4.69, 9.17) is 0 Å². The van der Waals surface area contributed by atoms with Crippen molar-refractivity contribution >= 4 is 17.3 Å². The molecule has 2 rings (SSSR count). The first-order valence-corrected chi connectivity index (χ1v) is 8.28. The first-order valence-electron chi connectivity index (χ1n) is 8.28. The molecule has 1 aliphatic rings. The Balaban J connectivity index is 2.14. The van der Waals surface area contributed by atoms with E-state index in [0.29, 0.717) is 37.4 Å². The maximum absolute atomic E-state index is 12.8. The van der Waals surface area contributed by atoms with Crippen LogP contribution in [-0.4, -0.2) is 59.9 Å². The Labute approximate surface area is 147 Å². The third kappa shape index (κ3) is 4.06. The molecular formula is C17H23N5O3. The molecule has 1 N–H and O–H groups in total. The summed E-state index contributed by atoms with van der Waals surface area (Å²) in [5, 5.41) is 23.2. The van der Waals surface area contributed by atoms with Gasteiger partial charge in [-0.2, -0.15) is 5.26 Å². The zero-order valence-corrected chi connectivity index (χ0v) is 14.7. The number of nitro groups is 1. The fourth-order valence-electron chi connectivity index (χ4n) is 3.07. The summed E-state index contributed by atoms with van der Waals surface area (Å²) in [4.78, 5) is 27.1. The van der Waals surface area contributed by atoms with Crippen LogP contribution in [0.1, 0.15) is 24.2 Å². The molecule has 1 heterocycles. The number of benzene rings is 1. The standard InChI is InChI=1S/C17H23N5O3/c1-12(2)16(11-18)20-6-8-21(9-7-20)17(23)14-10-13(22(24)25)4-5-15(14)19-3/h4-5,10,12,16,19H,6-9H2,1-3H3/t16-/m0/s1. The van der Waals surface area contributed by atoms with Crippen molar-refractivity contribution < 1.29 is 9.72 Å². The molecule has 1 aromatic carbocycles. The summed E-state index contributed by atoms with van der Waals surface area (Å²) in [6.45, 7) is 6.24. The number of non-ortho nitro benzene ring substituents is 1. The summed E-state index contributed by atoms with van der Waals surface area (Å²) in [6, 6.07) is 6.39. The smallest absolute Gasteiger partial charge is 0.270 e. The molecule has 8 heteroatoms. The van der Waals surface area contributed by atoms with Gasteiger partial charge in [0.25, 0.3) is 11.6 Å². The van der Waals surface area contributed by atoms with E-state index >= 15 is 0 Å². The predicted molar refractivity (Wildman–Crippen MR) is 94.4 cm³/mol. The Hall–Kier alpha value is -2.66. The second kappa shape index (κ2) is 7.94. The molecule has 0 bridgehead atoms. The third-order valence-corrected chi connectivity index (χ3v) is 4.47. The summed E-state index contributed by atoms with van der Waals surface area (Å²) in [6.07, 6.45) is 0. The normalized spacial score (nSPS) is 16.4. The van der Waals surface area contributed by atoms with Gasteiger partial charge in [0.15, 0.2) is 0 Å². The predicted octanol–water partition coefficient (Wildman–Crippen LogP) is 1.94. The van der Waals surface area contributed by atoms with E-state index in [1.54, 1.807) is 18.0 Å². The number of nitriles is 1. The fraction of sp³-hybridized carbons (Fsp3) is 0.529. The average Bonchev–Trinajstić information content (AvgIpc) is 2.61. The van der Waals surface area contributed by atoms with Crippen LogP contribution in [-0.2, 0) is 0 Å². The molecule has 1 aromatic rings. The molecule has 1 fully saturated rings. The molecule has 0 unspecified atom stereocenters. The maximum atomic E-state index is 12.8. The number of anilines is 1. The van der Waals surface area contributed by atoms with Gasteiger partial charge in [-0.15, -0.1) is 0 Å². The Bertz CT molecular complexity index is 690. The van der Waals surface area contributed by atoms with E-state index < -0.39 is 4.92 Å². The highest BCUT2D eigenvalue weighted by Crippen LogP contribution is 2.24. The van der Waals surface area contributed by atoms with E-state index in [-0.39, 0.29) is 23.6 Å². The second-order valence-electron chi connectivity index (χ2n) is 6.38. The molecule has 1 saturated heterocycles. The molecular weight excluding hydrogens is 322 g/mol. The number of nitro benzene ring substituents is 1. The molecule has 1 aliphatic heterocycles. The van der Waals surface area contributed by atoms with E-state index in [1.165, 1.54) is 12.1 Å². The number of nitrogens with one attached hydrogen (secondary N) is 1. The second-order valence-corrected chi connectivity index (χ2v) is 6.38. The molecule has 0 aliphatic carbocycles. The van der Waals surface area contributed by atoms with Gasteiger partial charge >= 0.3 is 0 Å². The monoisotopic (exact) mass is 345 g/mol. The molecule has 134 valence electrons. The van der Waals surface area contributed by atoms with Gasteiger partial charge in [-0.25, -0.2) is 0 Å². The number of rotatable bonds is 5. The minimum Gasteiger partial charge on any atom is -0.387 e. The molecule has 1 amide bonds. The Kier molecular flexibility index (Phi) is 5.93. The highest BCUT2D eigenvalue weighted by Gasteiger charge is 2.29. The first-order chi connectivity index (χ1) is 11.9.